The summed E-state index contributed by atoms with van der Waals surface area (Å²) in [4.78, 5) is 2.78. The molecular weight excluding hydrogens is 297 g/mol. The highest BCUT2D eigenvalue weighted by Crippen LogP contribution is 2.25. The monoisotopic (exact) mass is 303 g/mol. The molecule has 0 amide bonds. The highest BCUT2D eigenvalue weighted by molar-refractivity contribution is 8.31. The molecule has 0 aliphatic carbocycles. The third kappa shape index (κ3) is 5.25. The van der Waals surface area contributed by atoms with Gasteiger partial charge in [0.2, 0.25) is 0 Å². The van der Waals surface area contributed by atoms with Crippen LogP contribution in [0.5, 0.6) is 0 Å². The molecular formula is C10H7Cl2N3O2S. The number of hydrogen-bond acceptors (Lipinski definition) is 3. The van der Waals surface area contributed by atoms with Gasteiger partial charge in [0.25, 0.3) is 0 Å². The minimum Gasteiger partial charge on any atom is -0.195 e. The molecule has 0 aromatic heterocycles. The lowest BCUT2D eigenvalue weighted by atomic mass is 10.1. The van der Waals surface area contributed by atoms with Crippen LogP contribution in [0.3, 0.4) is 0 Å². The van der Waals surface area contributed by atoms with Crippen LogP contribution >= 0.6 is 21.4 Å². The Hall–Kier alpha value is -1.46. The Morgan fingerprint density at radius 3 is 2.22 bits per heavy atom. The van der Waals surface area contributed by atoms with E-state index in [4.69, 9.17) is 13.9 Å². The van der Waals surface area contributed by atoms with Crippen molar-refractivity contribution < 1.29 is 8.42 Å². The van der Waals surface area contributed by atoms with Crippen LogP contribution in [0.4, 0.5) is 5.69 Å². The average molecular weight is 304 g/mol. The zero-order valence-corrected chi connectivity index (χ0v) is 11.2. The summed E-state index contributed by atoms with van der Waals surface area (Å²) >= 11 is 0. The number of azide groups is 1. The van der Waals surface area contributed by atoms with E-state index in [-0.39, 0.29) is 0 Å². The lowest BCUT2D eigenvalue weighted by molar-refractivity contribution is 0.621. The molecule has 5 nitrogen and oxygen atoms in total. The SMILES string of the molecule is O=S(=O)(Cl)Cl.[N-]=[N+]=Nc1cccc2ccccc12. The number of halogens is 2. The summed E-state index contributed by atoms with van der Waals surface area (Å²) in [5.41, 5.74) is 9.02. The van der Waals surface area contributed by atoms with Gasteiger partial charge in [-0.1, -0.05) is 47.6 Å². The zero-order chi connectivity index (χ0) is 13.6. The first kappa shape index (κ1) is 14.6. The maximum Gasteiger partial charge on any atom is 0.317 e. The summed E-state index contributed by atoms with van der Waals surface area (Å²) in [5.74, 6) is 0. The molecule has 18 heavy (non-hydrogen) atoms. The van der Waals surface area contributed by atoms with E-state index in [0.717, 1.165) is 10.8 Å². The van der Waals surface area contributed by atoms with Crippen molar-refractivity contribution in [2.24, 2.45) is 5.11 Å². The Morgan fingerprint density at radius 2 is 1.61 bits per heavy atom. The molecule has 8 heteroatoms. The van der Waals surface area contributed by atoms with Gasteiger partial charge in [-0.2, -0.15) is 8.42 Å². The quantitative estimate of drug-likeness (QED) is 0.336. The zero-order valence-electron chi connectivity index (χ0n) is 8.86. The van der Waals surface area contributed by atoms with Gasteiger partial charge < -0.3 is 0 Å². The number of fused-ring (bicyclic) bond motifs is 1. The molecule has 2 rings (SSSR count). The molecule has 0 N–H and O–H groups in total. The largest absolute Gasteiger partial charge is 0.317 e. The van der Waals surface area contributed by atoms with Crippen LogP contribution < -0.4 is 0 Å². The van der Waals surface area contributed by atoms with Crippen molar-refractivity contribution >= 4 is 46.1 Å². The summed E-state index contributed by atoms with van der Waals surface area (Å²) in [7, 11) is 4.81. The molecule has 0 bridgehead atoms. The van der Waals surface area contributed by atoms with Crippen LogP contribution in [-0.2, 0) is 8.26 Å². The van der Waals surface area contributed by atoms with Crippen molar-refractivity contribution in [3.63, 3.8) is 0 Å². The van der Waals surface area contributed by atoms with Crippen LogP contribution in [0.2, 0.25) is 0 Å². The summed E-state index contributed by atoms with van der Waals surface area (Å²) in [6, 6.07) is 13.5. The van der Waals surface area contributed by atoms with Crippen LogP contribution in [0, 0.1) is 0 Å². The molecule has 0 heterocycles. The Labute approximate surface area is 112 Å². The van der Waals surface area contributed by atoms with Crippen molar-refractivity contribution in [3.8, 4) is 0 Å². The fraction of sp³-hybridized carbons (Fsp3) is 0. The Kier molecular flexibility index (Phi) is 5.25. The van der Waals surface area contributed by atoms with E-state index in [1.165, 1.54) is 0 Å². The van der Waals surface area contributed by atoms with Gasteiger partial charge in [0.1, 0.15) is 0 Å². The van der Waals surface area contributed by atoms with Gasteiger partial charge in [-0.25, -0.2) is 0 Å². The topological polar surface area (TPSA) is 82.9 Å². The van der Waals surface area contributed by atoms with Gasteiger partial charge in [0.05, 0.1) is 0 Å². The van der Waals surface area contributed by atoms with Crippen LogP contribution in [0.25, 0.3) is 21.2 Å². The normalized spacial score (nSPS) is 10.1. The predicted molar refractivity (Wildman–Crippen MR) is 73.4 cm³/mol. The predicted octanol–water partition coefficient (Wildman–Crippen LogP) is 4.49. The lowest BCUT2D eigenvalue weighted by Crippen LogP contribution is -1.70. The summed E-state index contributed by atoms with van der Waals surface area (Å²) < 4.78 is 18.3. The Balaban J connectivity index is 0.000000280. The molecule has 0 fully saturated rings. The Bertz CT molecular complexity index is 684. The van der Waals surface area contributed by atoms with Gasteiger partial charge in [0.15, 0.2) is 0 Å². The number of benzene rings is 2. The van der Waals surface area contributed by atoms with Crippen molar-refractivity contribution in [1.82, 2.24) is 0 Å². The van der Waals surface area contributed by atoms with E-state index >= 15 is 0 Å². The Morgan fingerprint density at radius 1 is 1.06 bits per heavy atom. The second kappa shape index (κ2) is 6.47. The lowest BCUT2D eigenvalue weighted by Gasteiger charge is -1.98. The van der Waals surface area contributed by atoms with Crippen LogP contribution in [-0.4, -0.2) is 8.42 Å². The second-order valence-electron chi connectivity index (χ2n) is 3.07. The average Bonchev–Trinajstić information content (AvgIpc) is 2.28. The van der Waals surface area contributed by atoms with Crippen molar-refractivity contribution in [1.29, 1.82) is 0 Å². The first-order chi connectivity index (χ1) is 8.42. The highest BCUT2D eigenvalue weighted by Gasteiger charge is 1.95. The van der Waals surface area contributed by atoms with E-state index in [2.05, 4.69) is 31.4 Å². The molecule has 2 aromatic rings. The maximum absolute atomic E-state index is 9.16. The molecule has 0 saturated heterocycles. The minimum atomic E-state index is -3.72. The molecule has 0 aliphatic rings. The number of rotatable bonds is 1. The van der Waals surface area contributed by atoms with E-state index in [9.17, 15) is 0 Å². The third-order valence-electron chi connectivity index (χ3n) is 1.92. The van der Waals surface area contributed by atoms with Crippen LogP contribution in [0.1, 0.15) is 0 Å². The molecule has 0 radical (unpaired) electrons. The molecule has 94 valence electrons. The van der Waals surface area contributed by atoms with E-state index < -0.39 is 8.26 Å². The van der Waals surface area contributed by atoms with Crippen molar-refractivity contribution in [2.75, 3.05) is 0 Å². The molecule has 0 saturated carbocycles. The van der Waals surface area contributed by atoms with Gasteiger partial charge in [0, 0.05) is 32.0 Å². The fourth-order valence-corrected chi connectivity index (χ4v) is 1.34. The van der Waals surface area contributed by atoms with Gasteiger partial charge in [-0.3, -0.25) is 0 Å². The van der Waals surface area contributed by atoms with Crippen LogP contribution in [0.15, 0.2) is 47.6 Å². The van der Waals surface area contributed by atoms with E-state index in [0.29, 0.717) is 5.69 Å². The molecule has 0 aliphatic heterocycles. The second-order valence-corrected chi connectivity index (χ2v) is 6.73. The highest BCUT2D eigenvalue weighted by atomic mass is 36.0. The minimum absolute atomic E-state index is 0.681. The number of hydrogen-bond donors (Lipinski definition) is 0. The van der Waals surface area contributed by atoms with Crippen molar-refractivity contribution in [3.05, 3.63) is 52.9 Å². The standard InChI is InChI=1S/C10H7N3.Cl2O2S/c11-13-12-10-7-3-5-8-4-1-2-6-9(8)10;1-5(2,3)4/h1-7H;. The van der Waals surface area contributed by atoms with Gasteiger partial charge >= 0.3 is 8.26 Å². The van der Waals surface area contributed by atoms with Gasteiger partial charge in [-0.05, 0) is 16.3 Å². The summed E-state index contributed by atoms with van der Waals surface area (Å²) in [6.07, 6.45) is 0. The first-order valence-electron chi connectivity index (χ1n) is 4.59. The van der Waals surface area contributed by atoms with Crippen molar-refractivity contribution in [2.45, 2.75) is 0 Å². The molecule has 0 atom stereocenters. The first-order valence-corrected chi connectivity index (χ1v) is 7.72. The smallest absolute Gasteiger partial charge is 0.195 e. The molecule has 2 aromatic carbocycles. The fourth-order valence-electron chi connectivity index (χ4n) is 1.34. The van der Waals surface area contributed by atoms with E-state index in [1.807, 2.05) is 42.5 Å². The van der Waals surface area contributed by atoms with Gasteiger partial charge in [-0.15, -0.1) is 0 Å². The molecule has 0 spiro atoms. The molecule has 0 unspecified atom stereocenters. The van der Waals surface area contributed by atoms with E-state index in [1.54, 1.807) is 0 Å². The summed E-state index contributed by atoms with van der Waals surface area (Å²) in [5, 5.41) is 5.69. The number of nitrogens with zero attached hydrogens (tertiary/aromatic N) is 3. The maximum atomic E-state index is 9.16. The summed E-state index contributed by atoms with van der Waals surface area (Å²) in [6.45, 7) is 0. The third-order valence-corrected chi connectivity index (χ3v) is 1.92.